The van der Waals surface area contributed by atoms with E-state index in [2.05, 4.69) is 5.32 Å². The van der Waals surface area contributed by atoms with Crippen molar-refractivity contribution in [3.63, 3.8) is 0 Å². The molecule has 2 aromatic heterocycles. The molecule has 0 aliphatic carbocycles. The predicted molar refractivity (Wildman–Crippen MR) is 241 cm³/mol. The highest BCUT2D eigenvalue weighted by Gasteiger charge is 2.31. The fraction of sp³-hybridized carbons (Fsp3) is 0.140. The number of benzene rings is 6. The van der Waals surface area contributed by atoms with Crippen molar-refractivity contribution in [2.75, 3.05) is 6.54 Å². The highest BCUT2D eigenvalue weighted by molar-refractivity contribution is 7.20. The molecule has 0 fully saturated rings. The number of rotatable bonds is 10. The van der Waals surface area contributed by atoms with Crippen molar-refractivity contribution in [3.8, 4) is 22.3 Å². The average molecular weight is 909 g/mol. The first-order valence-electron chi connectivity index (χ1n) is 19.7. The molecule has 8 aromatic rings. The third-order valence-electron chi connectivity index (χ3n) is 10.4. The molecular weight excluding hydrogens is 871 g/mol. The molecule has 2 amide bonds. The smallest absolute Gasteiger partial charge is 0.416 e. The van der Waals surface area contributed by atoms with Crippen LogP contribution in [0.15, 0.2) is 133 Å². The first-order valence-corrected chi connectivity index (χ1v) is 21.3. The molecule has 0 atom stereocenters. The number of carbonyl (C=O) groups excluding carboxylic acids is 2. The molecule has 0 bridgehead atoms. The molecule has 64 heavy (non-hydrogen) atoms. The Balaban J connectivity index is 0.000000193. The van der Waals surface area contributed by atoms with Gasteiger partial charge in [-0.3, -0.25) is 9.59 Å². The van der Waals surface area contributed by atoms with Gasteiger partial charge in [-0.15, -0.1) is 22.7 Å². The number of aryl methyl sites for hydroxylation is 2. The highest BCUT2D eigenvalue weighted by Crippen LogP contribution is 2.40. The maximum absolute atomic E-state index is 13.1. The topological polar surface area (TPSA) is 109 Å². The van der Waals surface area contributed by atoms with Crippen molar-refractivity contribution in [2.24, 2.45) is 5.73 Å². The van der Waals surface area contributed by atoms with Crippen LogP contribution < -0.4 is 11.1 Å². The Hall–Kier alpha value is -6.77. The van der Waals surface area contributed by atoms with Crippen LogP contribution in [0.5, 0.6) is 0 Å². The Kier molecular flexibility index (Phi) is 13.1. The summed E-state index contributed by atoms with van der Waals surface area (Å²) in [6, 6.07) is 36.7. The van der Waals surface area contributed by atoms with Crippen LogP contribution in [-0.4, -0.2) is 29.4 Å². The second kappa shape index (κ2) is 18.5. The van der Waals surface area contributed by atoms with E-state index in [0.29, 0.717) is 29.5 Å². The molecule has 4 N–H and O–H groups in total. The number of nitrogens with two attached hydrogens (primary N) is 1. The molecule has 6 aromatic carbocycles. The number of carbonyl (C=O) groups is 3. The van der Waals surface area contributed by atoms with E-state index in [-0.39, 0.29) is 12.1 Å². The Labute approximate surface area is 371 Å². The monoisotopic (exact) mass is 908 g/mol. The van der Waals surface area contributed by atoms with Gasteiger partial charge in [-0.2, -0.15) is 26.3 Å². The van der Waals surface area contributed by atoms with E-state index in [1.165, 1.54) is 46.9 Å². The van der Waals surface area contributed by atoms with E-state index in [1.807, 2.05) is 68.4 Å². The second-order valence-electron chi connectivity index (χ2n) is 15.1. The minimum Gasteiger partial charge on any atom is -0.478 e. The van der Waals surface area contributed by atoms with E-state index < -0.39 is 41.3 Å². The molecule has 0 saturated carbocycles. The lowest BCUT2D eigenvalue weighted by molar-refractivity contribution is -0.138. The highest BCUT2D eigenvalue weighted by atomic mass is 32.1. The van der Waals surface area contributed by atoms with Crippen LogP contribution in [0.3, 0.4) is 0 Å². The van der Waals surface area contributed by atoms with Gasteiger partial charge in [-0.25, -0.2) is 4.79 Å². The maximum Gasteiger partial charge on any atom is 0.416 e. The predicted octanol–water partition coefficient (Wildman–Crippen LogP) is 12.9. The van der Waals surface area contributed by atoms with Gasteiger partial charge in [0.15, 0.2) is 0 Å². The maximum atomic E-state index is 13.1. The summed E-state index contributed by atoms with van der Waals surface area (Å²) in [6.45, 7) is 3.62. The number of primary amides is 1. The Bertz CT molecular complexity index is 3060. The van der Waals surface area contributed by atoms with Crippen molar-refractivity contribution in [1.29, 1.82) is 0 Å². The molecule has 0 radical (unpaired) electrons. The average Bonchev–Trinajstić information content (AvgIpc) is 3.86. The normalized spacial score (nSPS) is 11.6. The van der Waals surface area contributed by atoms with Gasteiger partial charge in [0.25, 0.3) is 5.91 Å². The summed E-state index contributed by atoms with van der Waals surface area (Å²) in [7, 11) is 0. The summed E-state index contributed by atoms with van der Waals surface area (Å²) in [5, 5.41) is 13.8. The molecule has 0 aliphatic rings. The summed E-state index contributed by atoms with van der Waals surface area (Å²) in [5.74, 6) is -2.01. The number of alkyl halides is 6. The Morgan fingerprint density at radius 1 is 0.562 bits per heavy atom. The number of carboxylic acids is 1. The SMILES string of the molecule is Cc1ccc(C(=O)NCC(N)=O)cc1-c1cccc2cc(Cc3cccc(C(F)(F)F)c3)sc12.Cc1ccc(C(=O)O)cc1-c1cccc2cc(Cc3cccc(C(F)(F)F)c3)sc12. The number of hydrogen-bond acceptors (Lipinski definition) is 5. The number of amides is 2. The van der Waals surface area contributed by atoms with Crippen molar-refractivity contribution < 1.29 is 45.8 Å². The summed E-state index contributed by atoms with van der Waals surface area (Å²) in [4.78, 5) is 36.7. The Morgan fingerprint density at radius 3 is 1.44 bits per heavy atom. The summed E-state index contributed by atoms with van der Waals surface area (Å²) < 4.78 is 80.2. The number of thiophene rings is 2. The zero-order valence-electron chi connectivity index (χ0n) is 34.2. The standard InChI is InChI=1S/C26H21F3N2O2S.C24H17F3O2S/c1-15-8-9-18(25(33)31-14-23(30)32)13-22(15)21-7-3-5-17-12-20(34-24(17)21)11-16-4-2-6-19(10-16)26(27,28)29;1-14-8-9-17(23(28)29)13-21(14)20-7-3-5-16-12-19(30-22(16)20)11-15-4-2-6-18(10-15)24(25,26)27/h2-10,12-13H,11,14H2,1H3,(H2,30,32)(H,31,33);2-10,12-13H,11H2,1H3,(H,28,29). The third kappa shape index (κ3) is 10.5. The van der Waals surface area contributed by atoms with Gasteiger partial charge < -0.3 is 16.2 Å². The van der Waals surface area contributed by atoms with Crippen LogP contribution in [0.1, 0.15) is 63.9 Å². The largest absolute Gasteiger partial charge is 0.478 e. The number of carboxylic acid groups (broad SMARTS) is 1. The van der Waals surface area contributed by atoms with Gasteiger partial charge in [0, 0.05) is 37.6 Å². The van der Waals surface area contributed by atoms with Gasteiger partial charge in [0.05, 0.1) is 23.2 Å². The number of nitrogens with one attached hydrogen (secondary N) is 1. The summed E-state index contributed by atoms with van der Waals surface area (Å²) >= 11 is 3.04. The van der Waals surface area contributed by atoms with E-state index in [1.54, 1.807) is 42.5 Å². The van der Waals surface area contributed by atoms with Gasteiger partial charge in [0.1, 0.15) is 0 Å². The van der Waals surface area contributed by atoms with Crippen LogP contribution in [0.25, 0.3) is 42.4 Å². The van der Waals surface area contributed by atoms with Crippen molar-refractivity contribution in [2.45, 2.75) is 39.0 Å². The van der Waals surface area contributed by atoms with E-state index >= 15 is 0 Å². The molecule has 14 heteroatoms. The molecule has 8 rings (SSSR count). The lowest BCUT2D eigenvalue weighted by Gasteiger charge is -2.10. The van der Waals surface area contributed by atoms with Gasteiger partial charge in [-0.1, -0.05) is 84.9 Å². The fourth-order valence-electron chi connectivity index (χ4n) is 7.32. The van der Waals surface area contributed by atoms with Crippen LogP contribution in [0.4, 0.5) is 26.3 Å². The van der Waals surface area contributed by atoms with Crippen LogP contribution in [0, 0.1) is 13.8 Å². The molecule has 0 saturated heterocycles. The third-order valence-corrected chi connectivity index (χ3v) is 12.8. The van der Waals surface area contributed by atoms with E-state index in [9.17, 15) is 45.8 Å². The number of aromatic carboxylic acids is 1. The van der Waals surface area contributed by atoms with Crippen LogP contribution in [0.2, 0.25) is 0 Å². The van der Waals surface area contributed by atoms with Gasteiger partial charge >= 0.3 is 18.3 Å². The van der Waals surface area contributed by atoms with Crippen molar-refractivity contribution in [1.82, 2.24) is 5.32 Å². The quantitative estimate of drug-likeness (QED) is 0.119. The number of hydrogen-bond donors (Lipinski definition) is 3. The minimum atomic E-state index is -4.38. The van der Waals surface area contributed by atoms with E-state index in [4.69, 9.17) is 5.73 Å². The molecular formula is C50H38F6N2O4S2. The molecule has 6 nitrogen and oxygen atoms in total. The summed E-state index contributed by atoms with van der Waals surface area (Å²) in [6.07, 6.45) is -7.96. The van der Waals surface area contributed by atoms with Crippen molar-refractivity contribution in [3.05, 3.63) is 188 Å². The Morgan fingerprint density at radius 2 is 1.00 bits per heavy atom. The van der Waals surface area contributed by atoms with Crippen LogP contribution in [-0.2, 0) is 30.0 Å². The van der Waals surface area contributed by atoms with Gasteiger partial charge in [0.2, 0.25) is 5.91 Å². The lowest BCUT2D eigenvalue weighted by Crippen LogP contribution is -2.33. The zero-order chi connectivity index (χ0) is 45.9. The number of fused-ring (bicyclic) bond motifs is 2. The van der Waals surface area contributed by atoms with E-state index in [0.717, 1.165) is 75.4 Å². The fourth-order valence-corrected chi connectivity index (χ4v) is 9.76. The number of halogens is 6. The molecule has 0 aliphatic heterocycles. The zero-order valence-corrected chi connectivity index (χ0v) is 35.8. The molecule has 326 valence electrons. The first-order chi connectivity index (χ1) is 30.3. The second-order valence-corrected chi connectivity index (χ2v) is 17.4. The van der Waals surface area contributed by atoms with Crippen LogP contribution >= 0.6 is 22.7 Å². The minimum absolute atomic E-state index is 0.216. The van der Waals surface area contributed by atoms with Crippen molar-refractivity contribution >= 4 is 60.6 Å². The molecule has 0 unspecified atom stereocenters. The lowest BCUT2D eigenvalue weighted by atomic mass is 9.97. The molecule has 0 spiro atoms. The first kappa shape index (κ1) is 45.3. The van der Waals surface area contributed by atoms with Gasteiger partial charge in [-0.05, 0) is 118 Å². The molecule has 2 heterocycles. The summed E-state index contributed by atoms with van der Waals surface area (Å²) in [5.41, 5.74) is 11.1.